The first kappa shape index (κ1) is 15.6. The van der Waals surface area contributed by atoms with Gasteiger partial charge in [-0.1, -0.05) is 18.5 Å². The second-order valence-electron chi connectivity index (χ2n) is 5.22. The Kier molecular flexibility index (Phi) is 4.67. The van der Waals surface area contributed by atoms with E-state index in [0.29, 0.717) is 11.6 Å². The second kappa shape index (κ2) is 6.30. The standard InChI is InChI=1S/C14H20ClN5O/c1-5-11-14(15)12(19(4)18-11)8-20-13(21)6-10(7-16-20)17-9(2)3/h6-7,9,17H,5,8H2,1-4H3. The summed E-state index contributed by atoms with van der Waals surface area (Å²) >= 11 is 6.29. The van der Waals surface area contributed by atoms with Crippen molar-refractivity contribution in [1.82, 2.24) is 19.6 Å². The maximum atomic E-state index is 12.1. The van der Waals surface area contributed by atoms with Crippen LogP contribution in [0.2, 0.25) is 5.02 Å². The number of hydrogen-bond acceptors (Lipinski definition) is 4. The van der Waals surface area contributed by atoms with Crippen LogP contribution in [0.4, 0.5) is 5.69 Å². The van der Waals surface area contributed by atoms with Gasteiger partial charge in [0.2, 0.25) is 0 Å². The molecule has 2 heterocycles. The van der Waals surface area contributed by atoms with Crippen LogP contribution in [0.15, 0.2) is 17.1 Å². The van der Waals surface area contributed by atoms with Gasteiger partial charge in [-0.3, -0.25) is 9.48 Å². The molecular weight excluding hydrogens is 290 g/mol. The molecule has 0 bridgehead atoms. The van der Waals surface area contributed by atoms with Gasteiger partial charge < -0.3 is 5.32 Å². The van der Waals surface area contributed by atoms with Crippen LogP contribution < -0.4 is 10.9 Å². The molecule has 2 aromatic heterocycles. The molecule has 2 aromatic rings. The third-order valence-electron chi connectivity index (χ3n) is 3.13. The molecule has 0 aliphatic rings. The highest BCUT2D eigenvalue weighted by Gasteiger charge is 2.14. The highest BCUT2D eigenvalue weighted by molar-refractivity contribution is 6.31. The van der Waals surface area contributed by atoms with Gasteiger partial charge in [0.15, 0.2) is 0 Å². The topological polar surface area (TPSA) is 64.7 Å². The molecule has 2 rings (SSSR count). The molecule has 6 nitrogen and oxygen atoms in total. The van der Waals surface area contributed by atoms with Gasteiger partial charge in [0, 0.05) is 19.2 Å². The molecule has 7 heteroatoms. The fourth-order valence-corrected chi connectivity index (χ4v) is 2.45. The minimum atomic E-state index is -0.170. The lowest BCUT2D eigenvalue weighted by atomic mass is 10.3. The molecule has 0 saturated heterocycles. The summed E-state index contributed by atoms with van der Waals surface area (Å²) in [5.41, 5.74) is 2.17. The van der Waals surface area contributed by atoms with Gasteiger partial charge in [-0.15, -0.1) is 0 Å². The lowest BCUT2D eigenvalue weighted by molar-refractivity contribution is 0.590. The van der Waals surface area contributed by atoms with Crippen LogP contribution in [-0.2, 0) is 20.0 Å². The molecular formula is C14H20ClN5O. The Morgan fingerprint density at radius 1 is 1.43 bits per heavy atom. The van der Waals surface area contributed by atoms with Gasteiger partial charge in [0.25, 0.3) is 5.56 Å². The normalized spacial score (nSPS) is 11.1. The average Bonchev–Trinajstić information content (AvgIpc) is 2.68. The van der Waals surface area contributed by atoms with E-state index in [1.807, 2.05) is 27.8 Å². The molecule has 0 aliphatic heterocycles. The maximum absolute atomic E-state index is 12.1. The molecule has 0 amide bonds. The van der Waals surface area contributed by atoms with Gasteiger partial charge in [0.05, 0.1) is 34.8 Å². The third kappa shape index (κ3) is 3.44. The predicted octanol–water partition coefficient (Wildman–Crippen LogP) is 2.06. The summed E-state index contributed by atoms with van der Waals surface area (Å²) in [5, 5.41) is 12.3. The first-order valence-electron chi connectivity index (χ1n) is 6.96. The smallest absolute Gasteiger partial charge is 0.269 e. The summed E-state index contributed by atoms with van der Waals surface area (Å²) in [5.74, 6) is 0. The zero-order valence-electron chi connectivity index (χ0n) is 12.7. The molecule has 0 saturated carbocycles. The van der Waals surface area contributed by atoms with Gasteiger partial charge >= 0.3 is 0 Å². The van der Waals surface area contributed by atoms with E-state index in [0.717, 1.165) is 23.5 Å². The van der Waals surface area contributed by atoms with Crippen molar-refractivity contribution in [1.29, 1.82) is 0 Å². The Labute approximate surface area is 128 Å². The fourth-order valence-electron chi connectivity index (χ4n) is 2.10. The molecule has 114 valence electrons. The van der Waals surface area contributed by atoms with Crippen LogP contribution in [0, 0.1) is 0 Å². The van der Waals surface area contributed by atoms with Crippen LogP contribution in [0.3, 0.4) is 0 Å². The van der Waals surface area contributed by atoms with E-state index in [4.69, 9.17) is 11.6 Å². The van der Waals surface area contributed by atoms with Crippen molar-refractivity contribution in [3.63, 3.8) is 0 Å². The van der Waals surface area contributed by atoms with Crippen molar-refractivity contribution in [3.8, 4) is 0 Å². The Morgan fingerprint density at radius 3 is 2.67 bits per heavy atom. The molecule has 0 aliphatic carbocycles. The van der Waals surface area contributed by atoms with Crippen molar-refractivity contribution in [2.75, 3.05) is 5.32 Å². The number of nitrogens with zero attached hydrogens (tertiary/aromatic N) is 4. The number of nitrogens with one attached hydrogen (secondary N) is 1. The summed E-state index contributed by atoms with van der Waals surface area (Å²) in [4.78, 5) is 12.1. The Bertz CT molecular complexity index is 689. The van der Waals surface area contributed by atoms with E-state index in [9.17, 15) is 4.79 Å². The predicted molar refractivity (Wildman–Crippen MR) is 84.0 cm³/mol. The van der Waals surface area contributed by atoms with E-state index >= 15 is 0 Å². The highest BCUT2D eigenvalue weighted by atomic mass is 35.5. The summed E-state index contributed by atoms with van der Waals surface area (Å²) in [6.07, 6.45) is 2.40. The Hall–Kier alpha value is -1.82. The third-order valence-corrected chi connectivity index (χ3v) is 3.56. The SMILES string of the molecule is CCc1nn(C)c(Cn2ncc(NC(C)C)cc2=O)c1Cl. The molecule has 0 unspecified atom stereocenters. The van der Waals surface area contributed by atoms with E-state index in [1.54, 1.807) is 10.9 Å². The molecule has 0 spiro atoms. The van der Waals surface area contributed by atoms with E-state index in [1.165, 1.54) is 10.7 Å². The van der Waals surface area contributed by atoms with Crippen LogP contribution in [0.25, 0.3) is 0 Å². The maximum Gasteiger partial charge on any atom is 0.269 e. The number of halogens is 1. The van der Waals surface area contributed by atoms with Gasteiger partial charge in [-0.05, 0) is 20.3 Å². The molecule has 1 N–H and O–H groups in total. The lowest BCUT2D eigenvalue weighted by Crippen LogP contribution is -2.25. The van der Waals surface area contributed by atoms with Crippen molar-refractivity contribution >= 4 is 17.3 Å². The van der Waals surface area contributed by atoms with Crippen molar-refractivity contribution in [2.24, 2.45) is 7.05 Å². The number of aryl methyl sites for hydroxylation is 2. The summed E-state index contributed by atoms with van der Waals surface area (Å²) < 4.78 is 3.09. The lowest BCUT2D eigenvalue weighted by Gasteiger charge is -2.10. The first-order chi connectivity index (χ1) is 9.92. The van der Waals surface area contributed by atoms with Gasteiger partial charge in [-0.2, -0.15) is 10.2 Å². The number of aromatic nitrogens is 4. The van der Waals surface area contributed by atoms with Crippen molar-refractivity contribution < 1.29 is 0 Å². The zero-order valence-corrected chi connectivity index (χ0v) is 13.5. The number of hydrogen-bond donors (Lipinski definition) is 1. The number of anilines is 1. The van der Waals surface area contributed by atoms with Gasteiger partial charge in [0.1, 0.15) is 0 Å². The van der Waals surface area contributed by atoms with E-state index < -0.39 is 0 Å². The van der Waals surface area contributed by atoms with Crippen molar-refractivity contribution in [2.45, 2.75) is 39.8 Å². The Balaban J connectivity index is 2.28. The van der Waals surface area contributed by atoms with Gasteiger partial charge in [-0.25, -0.2) is 4.68 Å². The molecule has 0 atom stereocenters. The van der Waals surface area contributed by atoms with E-state index in [2.05, 4.69) is 15.5 Å². The largest absolute Gasteiger partial charge is 0.381 e. The minimum absolute atomic E-state index is 0.170. The fraction of sp³-hybridized carbons (Fsp3) is 0.500. The average molecular weight is 310 g/mol. The summed E-state index contributed by atoms with van der Waals surface area (Å²) in [6.45, 7) is 6.32. The molecule has 0 radical (unpaired) electrons. The van der Waals surface area contributed by atoms with Crippen LogP contribution in [-0.4, -0.2) is 25.6 Å². The molecule has 21 heavy (non-hydrogen) atoms. The summed E-state index contributed by atoms with van der Waals surface area (Å²) in [7, 11) is 1.82. The zero-order chi connectivity index (χ0) is 15.6. The first-order valence-corrected chi connectivity index (χ1v) is 7.34. The quantitative estimate of drug-likeness (QED) is 0.918. The second-order valence-corrected chi connectivity index (χ2v) is 5.60. The van der Waals surface area contributed by atoms with Crippen LogP contribution in [0.5, 0.6) is 0 Å². The number of rotatable bonds is 5. The Morgan fingerprint density at radius 2 is 2.14 bits per heavy atom. The van der Waals surface area contributed by atoms with Crippen LogP contribution >= 0.6 is 11.6 Å². The minimum Gasteiger partial charge on any atom is -0.381 e. The van der Waals surface area contributed by atoms with Crippen molar-refractivity contribution in [3.05, 3.63) is 39.0 Å². The molecule has 0 aromatic carbocycles. The van der Waals surface area contributed by atoms with Crippen LogP contribution in [0.1, 0.15) is 32.2 Å². The molecule has 0 fully saturated rings. The monoisotopic (exact) mass is 309 g/mol. The highest BCUT2D eigenvalue weighted by Crippen LogP contribution is 2.21. The van der Waals surface area contributed by atoms with E-state index in [-0.39, 0.29) is 11.6 Å². The summed E-state index contributed by atoms with van der Waals surface area (Å²) in [6, 6.07) is 1.79.